The van der Waals surface area contributed by atoms with Crippen LogP contribution in [0.4, 0.5) is 0 Å². The standard InChI is InChI=1S/C12H7Cl2NO2/c13-9-5-15-6-10(14)11(9)7-1-3-8(4-2-7)12(16)17/h1-6H,(H,16,17). The summed E-state index contributed by atoms with van der Waals surface area (Å²) in [5.74, 6) is -0.969. The van der Waals surface area contributed by atoms with Gasteiger partial charge in [-0.15, -0.1) is 0 Å². The molecular formula is C12H7Cl2NO2. The second kappa shape index (κ2) is 4.73. The van der Waals surface area contributed by atoms with E-state index in [-0.39, 0.29) is 5.56 Å². The van der Waals surface area contributed by atoms with E-state index in [0.717, 1.165) is 5.56 Å². The van der Waals surface area contributed by atoms with Gasteiger partial charge in [0.05, 0.1) is 15.6 Å². The van der Waals surface area contributed by atoms with Crippen molar-refractivity contribution in [3.8, 4) is 11.1 Å². The number of carboxylic acid groups (broad SMARTS) is 1. The molecule has 0 saturated carbocycles. The number of pyridine rings is 1. The second-order valence-corrected chi connectivity index (χ2v) is 4.18. The van der Waals surface area contributed by atoms with E-state index in [1.54, 1.807) is 12.1 Å². The lowest BCUT2D eigenvalue weighted by Gasteiger charge is -2.06. The van der Waals surface area contributed by atoms with Gasteiger partial charge in [-0.1, -0.05) is 35.3 Å². The molecule has 1 heterocycles. The van der Waals surface area contributed by atoms with Crippen LogP contribution in [-0.2, 0) is 0 Å². The Morgan fingerprint density at radius 1 is 1.06 bits per heavy atom. The van der Waals surface area contributed by atoms with Crippen LogP contribution in [0, 0.1) is 0 Å². The Morgan fingerprint density at radius 2 is 1.59 bits per heavy atom. The van der Waals surface area contributed by atoms with Crippen molar-refractivity contribution in [3.05, 3.63) is 52.3 Å². The molecule has 0 aliphatic rings. The average molecular weight is 268 g/mol. The van der Waals surface area contributed by atoms with Gasteiger partial charge in [-0.25, -0.2) is 4.79 Å². The van der Waals surface area contributed by atoms with Crippen molar-refractivity contribution in [1.29, 1.82) is 0 Å². The number of aromatic nitrogens is 1. The Hall–Kier alpha value is -1.58. The molecule has 1 aromatic carbocycles. The van der Waals surface area contributed by atoms with Crippen LogP contribution in [0.5, 0.6) is 0 Å². The highest BCUT2D eigenvalue weighted by molar-refractivity contribution is 6.38. The number of halogens is 2. The molecular weight excluding hydrogens is 261 g/mol. The molecule has 0 amide bonds. The Labute approximate surface area is 108 Å². The molecule has 2 aromatic rings. The van der Waals surface area contributed by atoms with Gasteiger partial charge in [0.15, 0.2) is 0 Å². The zero-order valence-corrected chi connectivity index (χ0v) is 10.0. The van der Waals surface area contributed by atoms with Gasteiger partial charge in [0, 0.05) is 18.0 Å². The Bertz CT molecular complexity index is 547. The van der Waals surface area contributed by atoms with Crippen LogP contribution in [0.1, 0.15) is 10.4 Å². The van der Waals surface area contributed by atoms with E-state index in [4.69, 9.17) is 28.3 Å². The SMILES string of the molecule is O=C(O)c1ccc(-c2c(Cl)cncc2Cl)cc1. The van der Waals surface area contributed by atoms with E-state index in [9.17, 15) is 4.79 Å². The first kappa shape index (κ1) is 11.9. The lowest BCUT2D eigenvalue weighted by atomic mass is 10.1. The molecule has 0 unspecified atom stereocenters. The summed E-state index contributed by atoms with van der Waals surface area (Å²) in [6, 6.07) is 6.34. The minimum atomic E-state index is -0.969. The maximum Gasteiger partial charge on any atom is 0.335 e. The molecule has 5 heteroatoms. The quantitative estimate of drug-likeness (QED) is 0.902. The predicted molar refractivity (Wildman–Crippen MR) is 66.7 cm³/mol. The van der Waals surface area contributed by atoms with Crippen LogP contribution in [0.2, 0.25) is 10.0 Å². The Kier molecular flexibility index (Phi) is 3.31. The van der Waals surface area contributed by atoms with E-state index in [1.807, 2.05) is 0 Å². The molecule has 86 valence electrons. The van der Waals surface area contributed by atoms with E-state index in [1.165, 1.54) is 24.5 Å². The number of rotatable bonds is 2. The van der Waals surface area contributed by atoms with Crippen LogP contribution in [0.15, 0.2) is 36.7 Å². The van der Waals surface area contributed by atoms with E-state index in [2.05, 4.69) is 4.98 Å². The fourth-order valence-electron chi connectivity index (χ4n) is 1.47. The second-order valence-electron chi connectivity index (χ2n) is 3.36. The smallest absolute Gasteiger partial charge is 0.335 e. The number of benzene rings is 1. The summed E-state index contributed by atoms with van der Waals surface area (Å²) in [5, 5.41) is 9.66. The van der Waals surface area contributed by atoms with Crippen LogP contribution in [0.3, 0.4) is 0 Å². The largest absolute Gasteiger partial charge is 0.478 e. The number of hydrogen-bond donors (Lipinski definition) is 1. The molecule has 0 spiro atoms. The third-order valence-electron chi connectivity index (χ3n) is 2.27. The van der Waals surface area contributed by atoms with Gasteiger partial charge < -0.3 is 5.11 Å². The van der Waals surface area contributed by atoms with Gasteiger partial charge >= 0.3 is 5.97 Å². The molecule has 0 fully saturated rings. The third-order valence-corrected chi connectivity index (χ3v) is 2.85. The van der Waals surface area contributed by atoms with Crippen molar-refractivity contribution < 1.29 is 9.90 Å². The fraction of sp³-hybridized carbons (Fsp3) is 0. The highest BCUT2D eigenvalue weighted by Gasteiger charge is 2.09. The number of carboxylic acids is 1. The van der Waals surface area contributed by atoms with Crippen LogP contribution in [-0.4, -0.2) is 16.1 Å². The van der Waals surface area contributed by atoms with Crippen molar-refractivity contribution >= 4 is 29.2 Å². The minimum Gasteiger partial charge on any atom is -0.478 e. The summed E-state index contributed by atoms with van der Waals surface area (Å²) < 4.78 is 0. The fourth-order valence-corrected chi connectivity index (χ4v) is 2.05. The summed E-state index contributed by atoms with van der Waals surface area (Å²) >= 11 is 12.0. The molecule has 0 aliphatic carbocycles. The van der Waals surface area contributed by atoms with E-state index in [0.29, 0.717) is 15.6 Å². The van der Waals surface area contributed by atoms with Gasteiger partial charge in [0.2, 0.25) is 0 Å². The first-order valence-corrected chi connectivity index (χ1v) is 5.48. The van der Waals surface area contributed by atoms with E-state index < -0.39 is 5.97 Å². The zero-order chi connectivity index (χ0) is 12.4. The monoisotopic (exact) mass is 267 g/mol. The van der Waals surface area contributed by atoms with Crippen molar-refractivity contribution in [3.63, 3.8) is 0 Å². The highest BCUT2D eigenvalue weighted by atomic mass is 35.5. The van der Waals surface area contributed by atoms with Crippen molar-refractivity contribution in [2.45, 2.75) is 0 Å². The Balaban J connectivity index is 2.50. The van der Waals surface area contributed by atoms with Gasteiger partial charge in [-0.3, -0.25) is 4.98 Å². The molecule has 0 bridgehead atoms. The van der Waals surface area contributed by atoms with Gasteiger partial charge in [-0.05, 0) is 17.7 Å². The highest BCUT2D eigenvalue weighted by Crippen LogP contribution is 2.33. The molecule has 1 aromatic heterocycles. The van der Waals surface area contributed by atoms with Gasteiger partial charge in [-0.2, -0.15) is 0 Å². The number of nitrogens with zero attached hydrogens (tertiary/aromatic N) is 1. The van der Waals surface area contributed by atoms with Crippen LogP contribution < -0.4 is 0 Å². The molecule has 0 radical (unpaired) electrons. The normalized spacial score (nSPS) is 10.2. The van der Waals surface area contributed by atoms with Crippen molar-refractivity contribution in [1.82, 2.24) is 4.98 Å². The van der Waals surface area contributed by atoms with Gasteiger partial charge in [0.25, 0.3) is 0 Å². The molecule has 2 rings (SSSR count). The summed E-state index contributed by atoms with van der Waals surface area (Å²) in [6.45, 7) is 0. The molecule has 0 atom stereocenters. The lowest BCUT2D eigenvalue weighted by Crippen LogP contribution is -1.95. The van der Waals surface area contributed by atoms with Crippen molar-refractivity contribution in [2.75, 3.05) is 0 Å². The number of aromatic carboxylic acids is 1. The maximum atomic E-state index is 10.7. The summed E-state index contributed by atoms with van der Waals surface area (Å²) in [5.41, 5.74) is 1.63. The molecule has 0 aliphatic heterocycles. The van der Waals surface area contributed by atoms with Crippen molar-refractivity contribution in [2.24, 2.45) is 0 Å². The molecule has 3 nitrogen and oxygen atoms in total. The maximum absolute atomic E-state index is 10.7. The third kappa shape index (κ3) is 2.40. The lowest BCUT2D eigenvalue weighted by molar-refractivity contribution is 0.0697. The Morgan fingerprint density at radius 3 is 2.06 bits per heavy atom. The average Bonchev–Trinajstić information content (AvgIpc) is 2.29. The topological polar surface area (TPSA) is 50.2 Å². The summed E-state index contributed by atoms with van der Waals surface area (Å²) in [7, 11) is 0. The number of carbonyl (C=O) groups is 1. The predicted octanol–water partition coefficient (Wildman–Crippen LogP) is 3.75. The minimum absolute atomic E-state index is 0.218. The molecule has 1 N–H and O–H groups in total. The zero-order valence-electron chi connectivity index (χ0n) is 8.52. The molecule has 0 saturated heterocycles. The number of hydrogen-bond acceptors (Lipinski definition) is 2. The van der Waals surface area contributed by atoms with Gasteiger partial charge in [0.1, 0.15) is 0 Å². The van der Waals surface area contributed by atoms with Crippen LogP contribution >= 0.6 is 23.2 Å². The van der Waals surface area contributed by atoms with E-state index >= 15 is 0 Å². The molecule has 17 heavy (non-hydrogen) atoms. The summed E-state index contributed by atoms with van der Waals surface area (Å²) in [4.78, 5) is 14.6. The first-order valence-electron chi connectivity index (χ1n) is 4.72. The summed E-state index contributed by atoms with van der Waals surface area (Å²) in [6.07, 6.45) is 2.99. The first-order chi connectivity index (χ1) is 8.09. The van der Waals surface area contributed by atoms with Crippen LogP contribution in [0.25, 0.3) is 11.1 Å².